The second kappa shape index (κ2) is 5.55. The summed E-state index contributed by atoms with van der Waals surface area (Å²) in [5.41, 5.74) is 0.924. The third kappa shape index (κ3) is 2.89. The van der Waals surface area contributed by atoms with E-state index in [1.165, 1.54) is 18.2 Å². The molecular weight excluding hydrogens is 273 g/mol. The fourth-order valence-corrected chi connectivity index (χ4v) is 2.70. The Kier molecular flexibility index (Phi) is 3.60. The van der Waals surface area contributed by atoms with Crippen molar-refractivity contribution in [3.8, 4) is 0 Å². The molecule has 0 bridgehead atoms. The van der Waals surface area contributed by atoms with Gasteiger partial charge in [0.25, 0.3) is 11.8 Å². The van der Waals surface area contributed by atoms with Crippen LogP contribution in [0.4, 0.5) is 4.39 Å². The number of rotatable bonds is 2. The first-order valence-corrected chi connectivity index (χ1v) is 6.84. The Morgan fingerprint density at radius 1 is 1.29 bits per heavy atom. The molecule has 108 valence electrons. The van der Waals surface area contributed by atoms with Gasteiger partial charge in [0, 0.05) is 12.1 Å². The molecule has 3 rings (SSSR count). The summed E-state index contributed by atoms with van der Waals surface area (Å²) in [5, 5.41) is 10.3. The van der Waals surface area contributed by atoms with Crippen molar-refractivity contribution in [2.24, 2.45) is 10.2 Å². The Balaban J connectivity index is 1.68. The maximum atomic E-state index is 13.6. The van der Waals surface area contributed by atoms with Gasteiger partial charge >= 0.3 is 0 Å². The van der Waals surface area contributed by atoms with Crippen LogP contribution in [0.5, 0.6) is 0 Å². The number of nitrogens with zero attached hydrogens (tertiary/aromatic N) is 2. The van der Waals surface area contributed by atoms with Gasteiger partial charge in [-0.25, -0.2) is 4.39 Å². The van der Waals surface area contributed by atoms with Crippen LogP contribution in [0.2, 0.25) is 0 Å². The predicted octanol–water partition coefficient (Wildman–Crippen LogP) is 2.40. The molecule has 2 unspecified atom stereocenters. The van der Waals surface area contributed by atoms with E-state index in [1.54, 1.807) is 12.1 Å². The van der Waals surface area contributed by atoms with E-state index in [-0.39, 0.29) is 23.6 Å². The van der Waals surface area contributed by atoms with Crippen molar-refractivity contribution < 1.29 is 14.0 Å². The zero-order valence-electron chi connectivity index (χ0n) is 11.3. The van der Waals surface area contributed by atoms with Crippen LogP contribution in [0.15, 0.2) is 46.1 Å². The van der Waals surface area contributed by atoms with Gasteiger partial charge in [-0.05, 0) is 37.0 Å². The molecule has 2 atom stereocenters. The van der Waals surface area contributed by atoms with Crippen LogP contribution in [0.1, 0.15) is 29.6 Å². The van der Waals surface area contributed by atoms with E-state index >= 15 is 0 Å². The molecule has 1 aromatic carbocycles. The number of fused-ring (bicyclic) bond motifs is 1. The van der Waals surface area contributed by atoms with Gasteiger partial charge in [0.2, 0.25) is 0 Å². The van der Waals surface area contributed by atoms with Crippen molar-refractivity contribution >= 4 is 11.8 Å². The van der Waals surface area contributed by atoms with Crippen molar-refractivity contribution in [1.82, 2.24) is 5.32 Å². The van der Waals surface area contributed by atoms with Crippen molar-refractivity contribution in [3.05, 3.63) is 47.3 Å². The van der Waals surface area contributed by atoms with Gasteiger partial charge in [0.05, 0.1) is 11.6 Å². The Morgan fingerprint density at radius 2 is 2.10 bits per heavy atom. The standard InChI is InChI=1S/C15H14FN3O2/c16-12-4-2-1-3-11(12)15(21)17-10-5-6-13-9(7-10)8-14(20)19-18-13/h1-4,8,10,13H,5-7H2,(H,17,21). The second-order valence-corrected chi connectivity index (χ2v) is 5.22. The molecule has 1 aromatic rings. The molecule has 0 saturated heterocycles. The average molecular weight is 287 g/mol. The van der Waals surface area contributed by atoms with E-state index in [0.29, 0.717) is 6.42 Å². The molecule has 1 saturated carbocycles. The Morgan fingerprint density at radius 3 is 2.90 bits per heavy atom. The molecule has 1 heterocycles. The molecule has 0 spiro atoms. The summed E-state index contributed by atoms with van der Waals surface area (Å²) < 4.78 is 13.6. The van der Waals surface area contributed by atoms with Crippen molar-refractivity contribution in [3.63, 3.8) is 0 Å². The number of halogens is 1. The van der Waals surface area contributed by atoms with Gasteiger partial charge in [-0.3, -0.25) is 9.59 Å². The lowest BCUT2D eigenvalue weighted by molar-refractivity contribution is -0.114. The second-order valence-electron chi connectivity index (χ2n) is 5.22. The summed E-state index contributed by atoms with van der Waals surface area (Å²) in [5.74, 6) is -1.33. The number of hydrogen-bond acceptors (Lipinski definition) is 3. The molecule has 5 nitrogen and oxygen atoms in total. The fraction of sp³-hybridized carbons (Fsp3) is 0.333. The third-order valence-corrected chi connectivity index (χ3v) is 3.76. The molecule has 2 aliphatic rings. The molecule has 2 amide bonds. The molecule has 0 aromatic heterocycles. The van der Waals surface area contributed by atoms with Crippen LogP contribution in [-0.2, 0) is 4.79 Å². The highest BCUT2D eigenvalue weighted by molar-refractivity contribution is 5.94. The van der Waals surface area contributed by atoms with Gasteiger partial charge in [-0.15, -0.1) is 5.11 Å². The van der Waals surface area contributed by atoms with Crippen molar-refractivity contribution in [2.45, 2.75) is 31.3 Å². The Labute approximate surface area is 120 Å². The third-order valence-electron chi connectivity index (χ3n) is 3.76. The largest absolute Gasteiger partial charge is 0.349 e. The predicted molar refractivity (Wildman–Crippen MR) is 73.2 cm³/mol. The first-order chi connectivity index (χ1) is 10.1. The Bertz CT molecular complexity index is 654. The molecule has 21 heavy (non-hydrogen) atoms. The maximum Gasteiger partial charge on any atom is 0.287 e. The number of amides is 2. The number of carbonyl (C=O) groups excluding carboxylic acids is 2. The fourth-order valence-electron chi connectivity index (χ4n) is 2.70. The summed E-state index contributed by atoms with van der Waals surface area (Å²) >= 11 is 0. The van der Waals surface area contributed by atoms with E-state index in [1.807, 2.05) is 0 Å². The van der Waals surface area contributed by atoms with E-state index in [4.69, 9.17) is 0 Å². The summed E-state index contributed by atoms with van der Waals surface area (Å²) in [6.45, 7) is 0. The smallest absolute Gasteiger partial charge is 0.287 e. The summed E-state index contributed by atoms with van der Waals surface area (Å²) in [6.07, 6.45) is 3.49. The minimum absolute atomic E-state index is 0.0352. The van der Waals surface area contributed by atoms with Crippen LogP contribution in [0.25, 0.3) is 0 Å². The minimum Gasteiger partial charge on any atom is -0.349 e. The monoisotopic (exact) mass is 287 g/mol. The van der Waals surface area contributed by atoms with Gasteiger partial charge in [-0.2, -0.15) is 5.11 Å². The summed E-state index contributed by atoms with van der Waals surface area (Å²) in [6, 6.07) is 5.71. The lowest BCUT2D eigenvalue weighted by Gasteiger charge is -2.30. The quantitative estimate of drug-likeness (QED) is 0.907. The molecular formula is C15H14FN3O2. The van der Waals surface area contributed by atoms with Crippen LogP contribution in [-0.4, -0.2) is 23.9 Å². The van der Waals surface area contributed by atoms with Crippen molar-refractivity contribution in [2.75, 3.05) is 0 Å². The highest BCUT2D eigenvalue weighted by atomic mass is 19.1. The van der Waals surface area contributed by atoms with Crippen molar-refractivity contribution in [1.29, 1.82) is 0 Å². The minimum atomic E-state index is -0.537. The SMILES string of the molecule is O=C1C=C2CC(NC(=O)c3ccccc3F)CCC2N=N1. The number of carbonyl (C=O) groups is 2. The Hall–Kier alpha value is -2.37. The normalized spacial score (nSPS) is 24.2. The van der Waals surface area contributed by atoms with E-state index in [0.717, 1.165) is 18.4 Å². The molecule has 0 radical (unpaired) electrons. The zero-order valence-corrected chi connectivity index (χ0v) is 11.3. The van der Waals surface area contributed by atoms with Crippen LogP contribution >= 0.6 is 0 Å². The highest BCUT2D eigenvalue weighted by Crippen LogP contribution is 2.29. The topological polar surface area (TPSA) is 70.9 Å². The number of azo groups is 1. The molecule has 1 aliphatic heterocycles. The van der Waals surface area contributed by atoms with Crippen LogP contribution < -0.4 is 5.32 Å². The zero-order chi connectivity index (χ0) is 14.8. The molecule has 6 heteroatoms. The maximum absolute atomic E-state index is 13.6. The molecule has 1 N–H and O–H groups in total. The van der Waals surface area contributed by atoms with Crippen LogP contribution in [0, 0.1) is 5.82 Å². The van der Waals surface area contributed by atoms with E-state index < -0.39 is 11.7 Å². The average Bonchev–Trinajstić information content (AvgIpc) is 2.47. The summed E-state index contributed by atoms with van der Waals surface area (Å²) in [7, 11) is 0. The first kappa shape index (κ1) is 13.6. The van der Waals surface area contributed by atoms with Gasteiger partial charge < -0.3 is 5.32 Å². The first-order valence-electron chi connectivity index (χ1n) is 6.84. The number of nitrogens with one attached hydrogen (secondary N) is 1. The number of hydrogen-bond donors (Lipinski definition) is 1. The lowest BCUT2D eigenvalue weighted by Crippen LogP contribution is -2.40. The number of benzene rings is 1. The van der Waals surface area contributed by atoms with Gasteiger partial charge in [-0.1, -0.05) is 12.1 Å². The molecule has 1 fully saturated rings. The van der Waals surface area contributed by atoms with Gasteiger partial charge in [0.15, 0.2) is 0 Å². The summed E-state index contributed by atoms with van der Waals surface area (Å²) in [4.78, 5) is 23.3. The van der Waals surface area contributed by atoms with E-state index in [9.17, 15) is 14.0 Å². The van der Waals surface area contributed by atoms with E-state index in [2.05, 4.69) is 15.5 Å². The highest BCUT2D eigenvalue weighted by Gasteiger charge is 2.29. The van der Waals surface area contributed by atoms with Gasteiger partial charge in [0.1, 0.15) is 5.82 Å². The molecule has 1 aliphatic carbocycles. The lowest BCUT2D eigenvalue weighted by atomic mass is 9.86. The van der Waals surface area contributed by atoms with Crippen LogP contribution in [0.3, 0.4) is 0 Å².